The molecule has 2 rings (SSSR count). The SMILES string of the molecule is OC[C@@H](Cc1ccccc1)NC1CCCOC1. The molecule has 1 unspecified atom stereocenters. The molecule has 0 bridgehead atoms. The first-order valence-electron chi connectivity index (χ1n) is 6.37. The van der Waals surface area contributed by atoms with Crippen LogP contribution in [-0.2, 0) is 11.2 Å². The fourth-order valence-corrected chi connectivity index (χ4v) is 2.28. The molecule has 1 saturated heterocycles. The lowest BCUT2D eigenvalue weighted by Crippen LogP contribution is -2.45. The highest BCUT2D eigenvalue weighted by Gasteiger charge is 2.17. The largest absolute Gasteiger partial charge is 0.395 e. The van der Waals surface area contributed by atoms with Crippen molar-refractivity contribution in [2.75, 3.05) is 19.8 Å². The second-order valence-corrected chi connectivity index (χ2v) is 4.65. The van der Waals surface area contributed by atoms with E-state index in [-0.39, 0.29) is 12.6 Å². The van der Waals surface area contributed by atoms with Crippen LogP contribution in [-0.4, -0.2) is 37.0 Å². The monoisotopic (exact) mass is 235 g/mol. The van der Waals surface area contributed by atoms with E-state index in [0.717, 1.165) is 32.5 Å². The zero-order valence-corrected chi connectivity index (χ0v) is 10.1. The second kappa shape index (κ2) is 6.74. The summed E-state index contributed by atoms with van der Waals surface area (Å²) in [4.78, 5) is 0. The number of ether oxygens (including phenoxy) is 1. The average molecular weight is 235 g/mol. The van der Waals surface area contributed by atoms with Crippen LogP contribution in [0.1, 0.15) is 18.4 Å². The zero-order valence-electron chi connectivity index (χ0n) is 10.1. The molecule has 94 valence electrons. The number of aliphatic hydroxyl groups is 1. The van der Waals surface area contributed by atoms with Crippen LogP contribution in [0.25, 0.3) is 0 Å². The van der Waals surface area contributed by atoms with Gasteiger partial charge in [-0.25, -0.2) is 0 Å². The lowest BCUT2D eigenvalue weighted by atomic mass is 10.0. The van der Waals surface area contributed by atoms with Gasteiger partial charge in [0.25, 0.3) is 0 Å². The highest BCUT2D eigenvalue weighted by molar-refractivity contribution is 5.15. The molecule has 17 heavy (non-hydrogen) atoms. The maximum absolute atomic E-state index is 9.41. The van der Waals surface area contributed by atoms with Crippen LogP contribution < -0.4 is 5.32 Å². The van der Waals surface area contributed by atoms with Crippen LogP contribution >= 0.6 is 0 Å². The van der Waals surface area contributed by atoms with Gasteiger partial charge in [-0.2, -0.15) is 0 Å². The van der Waals surface area contributed by atoms with Gasteiger partial charge >= 0.3 is 0 Å². The highest BCUT2D eigenvalue weighted by atomic mass is 16.5. The van der Waals surface area contributed by atoms with Crippen molar-refractivity contribution in [2.45, 2.75) is 31.3 Å². The molecule has 1 heterocycles. The van der Waals surface area contributed by atoms with Gasteiger partial charge in [0.1, 0.15) is 0 Å². The molecule has 0 amide bonds. The topological polar surface area (TPSA) is 41.5 Å². The summed E-state index contributed by atoms with van der Waals surface area (Å²) in [5, 5.41) is 12.9. The van der Waals surface area contributed by atoms with Gasteiger partial charge in [0, 0.05) is 18.7 Å². The van der Waals surface area contributed by atoms with Gasteiger partial charge in [-0.1, -0.05) is 30.3 Å². The van der Waals surface area contributed by atoms with Gasteiger partial charge < -0.3 is 15.2 Å². The molecule has 2 atom stereocenters. The normalized spacial score (nSPS) is 22.3. The van der Waals surface area contributed by atoms with Crippen LogP contribution in [0.3, 0.4) is 0 Å². The molecule has 3 heteroatoms. The van der Waals surface area contributed by atoms with Gasteiger partial charge in [0.15, 0.2) is 0 Å². The second-order valence-electron chi connectivity index (χ2n) is 4.65. The van der Waals surface area contributed by atoms with Crippen molar-refractivity contribution in [1.82, 2.24) is 5.32 Å². The maximum Gasteiger partial charge on any atom is 0.0619 e. The summed E-state index contributed by atoms with van der Waals surface area (Å²) >= 11 is 0. The summed E-state index contributed by atoms with van der Waals surface area (Å²) in [6.45, 7) is 1.82. The predicted octanol–water partition coefficient (Wildman–Crippen LogP) is 1.36. The van der Waals surface area contributed by atoms with E-state index in [1.807, 2.05) is 18.2 Å². The third-order valence-corrected chi connectivity index (χ3v) is 3.18. The highest BCUT2D eigenvalue weighted by Crippen LogP contribution is 2.09. The molecule has 0 aromatic heterocycles. The molecule has 2 N–H and O–H groups in total. The van der Waals surface area contributed by atoms with Crippen LogP contribution in [0.4, 0.5) is 0 Å². The summed E-state index contributed by atoms with van der Waals surface area (Å²) in [6.07, 6.45) is 3.13. The van der Waals surface area contributed by atoms with Gasteiger partial charge in [-0.3, -0.25) is 0 Å². The van der Waals surface area contributed by atoms with Crippen molar-refractivity contribution in [3.63, 3.8) is 0 Å². The first-order valence-corrected chi connectivity index (χ1v) is 6.37. The Bertz CT molecular complexity index is 309. The van der Waals surface area contributed by atoms with Crippen molar-refractivity contribution in [2.24, 2.45) is 0 Å². The number of aliphatic hydroxyl groups excluding tert-OH is 1. The Kier molecular flexibility index (Phi) is 4.98. The van der Waals surface area contributed by atoms with Gasteiger partial charge in [0.05, 0.1) is 13.2 Å². The Labute approximate surface area is 103 Å². The number of hydrogen-bond acceptors (Lipinski definition) is 3. The van der Waals surface area contributed by atoms with Gasteiger partial charge in [-0.15, -0.1) is 0 Å². The molecule has 0 radical (unpaired) electrons. The number of benzene rings is 1. The maximum atomic E-state index is 9.41. The Morgan fingerprint density at radius 1 is 1.35 bits per heavy atom. The first kappa shape index (κ1) is 12.6. The fraction of sp³-hybridized carbons (Fsp3) is 0.571. The Morgan fingerprint density at radius 2 is 2.18 bits per heavy atom. The van der Waals surface area contributed by atoms with Crippen molar-refractivity contribution >= 4 is 0 Å². The number of hydrogen-bond donors (Lipinski definition) is 2. The van der Waals surface area contributed by atoms with Crippen LogP contribution in [0.15, 0.2) is 30.3 Å². The molecular weight excluding hydrogens is 214 g/mol. The minimum atomic E-state index is 0.129. The Morgan fingerprint density at radius 3 is 2.82 bits per heavy atom. The standard InChI is InChI=1S/C14H21NO2/c16-10-14(9-12-5-2-1-3-6-12)15-13-7-4-8-17-11-13/h1-3,5-6,13-16H,4,7-11H2/t13?,14-/m1/s1. The van der Waals surface area contributed by atoms with E-state index in [1.54, 1.807) is 0 Å². The summed E-state index contributed by atoms with van der Waals surface area (Å²) in [5.74, 6) is 0. The summed E-state index contributed by atoms with van der Waals surface area (Å²) in [7, 11) is 0. The van der Waals surface area contributed by atoms with E-state index in [9.17, 15) is 5.11 Å². The first-order chi connectivity index (χ1) is 8.38. The minimum Gasteiger partial charge on any atom is -0.395 e. The van der Waals surface area contributed by atoms with Crippen molar-refractivity contribution in [3.05, 3.63) is 35.9 Å². The third-order valence-electron chi connectivity index (χ3n) is 3.18. The number of rotatable bonds is 5. The molecule has 1 aliphatic rings. The predicted molar refractivity (Wildman–Crippen MR) is 68.0 cm³/mol. The minimum absolute atomic E-state index is 0.129. The van der Waals surface area contributed by atoms with Crippen molar-refractivity contribution in [1.29, 1.82) is 0 Å². The lowest BCUT2D eigenvalue weighted by molar-refractivity contribution is 0.0624. The summed E-state index contributed by atoms with van der Waals surface area (Å²) in [5.41, 5.74) is 1.26. The van der Waals surface area contributed by atoms with Crippen molar-refractivity contribution in [3.8, 4) is 0 Å². The molecule has 1 fully saturated rings. The zero-order chi connectivity index (χ0) is 11.9. The van der Waals surface area contributed by atoms with Crippen LogP contribution in [0, 0.1) is 0 Å². The molecular formula is C14H21NO2. The summed E-state index contributed by atoms with van der Waals surface area (Å²) in [6, 6.07) is 10.8. The molecule has 0 spiro atoms. The Balaban J connectivity index is 1.83. The van der Waals surface area contributed by atoms with E-state index in [0.29, 0.717) is 6.04 Å². The molecule has 3 nitrogen and oxygen atoms in total. The molecule has 0 aliphatic carbocycles. The van der Waals surface area contributed by atoms with Gasteiger partial charge in [0.2, 0.25) is 0 Å². The van der Waals surface area contributed by atoms with E-state index >= 15 is 0 Å². The van der Waals surface area contributed by atoms with Gasteiger partial charge in [-0.05, 0) is 24.8 Å². The van der Waals surface area contributed by atoms with Crippen LogP contribution in [0.2, 0.25) is 0 Å². The van der Waals surface area contributed by atoms with E-state index < -0.39 is 0 Å². The van der Waals surface area contributed by atoms with E-state index in [1.165, 1.54) is 5.56 Å². The van der Waals surface area contributed by atoms with E-state index in [4.69, 9.17) is 4.74 Å². The lowest BCUT2D eigenvalue weighted by Gasteiger charge is -2.27. The molecule has 1 aliphatic heterocycles. The molecule has 1 aromatic carbocycles. The number of nitrogens with one attached hydrogen (secondary N) is 1. The average Bonchev–Trinajstić information content (AvgIpc) is 2.40. The smallest absolute Gasteiger partial charge is 0.0619 e. The Hall–Kier alpha value is -0.900. The fourth-order valence-electron chi connectivity index (χ4n) is 2.28. The summed E-state index contributed by atoms with van der Waals surface area (Å²) < 4.78 is 5.43. The molecule has 1 aromatic rings. The third kappa shape index (κ3) is 4.11. The van der Waals surface area contributed by atoms with Crippen LogP contribution in [0.5, 0.6) is 0 Å². The quantitative estimate of drug-likeness (QED) is 0.809. The van der Waals surface area contributed by atoms with Crippen molar-refractivity contribution < 1.29 is 9.84 Å². The molecule has 0 saturated carbocycles. The van der Waals surface area contributed by atoms with E-state index in [2.05, 4.69) is 17.4 Å².